The number of hydrogen-bond donors (Lipinski definition) is 0. The van der Waals surface area contributed by atoms with Crippen molar-refractivity contribution in [2.75, 3.05) is 25.9 Å². The lowest BCUT2D eigenvalue weighted by atomic mass is 10.2. The largest absolute Gasteiger partial charge is 0.493 e. The minimum absolute atomic E-state index is 0.660. The second-order valence-corrected chi connectivity index (χ2v) is 5.77. The van der Waals surface area contributed by atoms with E-state index >= 15 is 0 Å². The van der Waals surface area contributed by atoms with Gasteiger partial charge < -0.3 is 14.0 Å². The van der Waals surface area contributed by atoms with Gasteiger partial charge in [-0.3, -0.25) is 0 Å². The van der Waals surface area contributed by atoms with Crippen LogP contribution in [0.5, 0.6) is 11.5 Å². The summed E-state index contributed by atoms with van der Waals surface area (Å²) in [4.78, 5) is 0. The molecule has 0 saturated carbocycles. The zero-order valence-corrected chi connectivity index (χ0v) is 13.9. The van der Waals surface area contributed by atoms with Gasteiger partial charge in [-0.2, -0.15) is 0 Å². The Kier molecular flexibility index (Phi) is 5.76. The first kappa shape index (κ1) is 16.0. The molecule has 5 nitrogen and oxygen atoms in total. The molecule has 1 aromatic carbocycles. The number of alkyl halides is 1. The minimum Gasteiger partial charge on any atom is -0.493 e. The predicted octanol–water partition coefficient (Wildman–Crippen LogP) is 3.22. The van der Waals surface area contributed by atoms with E-state index in [4.69, 9.17) is 21.1 Å². The van der Waals surface area contributed by atoms with Gasteiger partial charge in [-0.05, 0) is 24.6 Å². The summed E-state index contributed by atoms with van der Waals surface area (Å²) in [7, 11) is 5.19. The monoisotopic (exact) mass is 327 g/mol. The molecule has 21 heavy (non-hydrogen) atoms. The highest BCUT2D eigenvalue weighted by Crippen LogP contribution is 2.32. The van der Waals surface area contributed by atoms with E-state index in [1.54, 1.807) is 26.0 Å². The van der Waals surface area contributed by atoms with Crippen molar-refractivity contribution in [3.8, 4) is 22.9 Å². The van der Waals surface area contributed by atoms with Crippen LogP contribution in [0.4, 0.5) is 0 Å². The number of aromatic nitrogens is 3. The molecule has 114 valence electrons. The average Bonchev–Trinajstić information content (AvgIpc) is 2.88. The van der Waals surface area contributed by atoms with Gasteiger partial charge in [0.05, 0.1) is 14.2 Å². The lowest BCUT2D eigenvalue weighted by Crippen LogP contribution is -1.97. The SMILES string of the molecule is COc1ccc(-c2nnc(SCCCCl)n2C)cc1OC. The summed E-state index contributed by atoms with van der Waals surface area (Å²) in [6.07, 6.45) is 0.949. The standard InChI is InChI=1S/C14H18ClN3O2S/c1-18-13(16-17-14(18)21-8-4-7-15)10-5-6-11(19-2)12(9-10)20-3/h5-6,9H,4,7-8H2,1-3H3. The molecule has 0 aliphatic carbocycles. The van der Waals surface area contributed by atoms with Crippen LogP contribution in [0.25, 0.3) is 11.4 Å². The summed E-state index contributed by atoms with van der Waals surface area (Å²) in [5.74, 6) is 3.76. The van der Waals surface area contributed by atoms with Crippen LogP contribution >= 0.6 is 23.4 Å². The van der Waals surface area contributed by atoms with Crippen molar-refractivity contribution in [3.63, 3.8) is 0 Å². The van der Waals surface area contributed by atoms with Gasteiger partial charge in [0.2, 0.25) is 0 Å². The normalized spacial score (nSPS) is 10.7. The molecule has 1 aromatic heterocycles. The molecule has 0 radical (unpaired) electrons. The van der Waals surface area contributed by atoms with Gasteiger partial charge in [-0.1, -0.05) is 11.8 Å². The molecule has 2 rings (SSSR count). The van der Waals surface area contributed by atoms with Crippen molar-refractivity contribution in [1.29, 1.82) is 0 Å². The topological polar surface area (TPSA) is 49.2 Å². The molecule has 2 aromatic rings. The number of nitrogens with zero attached hydrogens (tertiary/aromatic N) is 3. The Hall–Kier alpha value is -1.40. The summed E-state index contributed by atoms with van der Waals surface area (Å²) >= 11 is 7.34. The van der Waals surface area contributed by atoms with Gasteiger partial charge in [0, 0.05) is 24.2 Å². The summed E-state index contributed by atoms with van der Waals surface area (Å²) in [6.45, 7) is 0. The lowest BCUT2D eigenvalue weighted by molar-refractivity contribution is 0.355. The Morgan fingerprint density at radius 3 is 2.62 bits per heavy atom. The van der Waals surface area contributed by atoms with Crippen molar-refractivity contribution in [3.05, 3.63) is 18.2 Å². The van der Waals surface area contributed by atoms with E-state index in [0.717, 1.165) is 28.7 Å². The Morgan fingerprint density at radius 1 is 1.19 bits per heavy atom. The van der Waals surface area contributed by atoms with Crippen LogP contribution in [0.15, 0.2) is 23.4 Å². The fraction of sp³-hybridized carbons (Fsp3) is 0.429. The van der Waals surface area contributed by atoms with Gasteiger partial charge >= 0.3 is 0 Å². The molecule has 0 aliphatic rings. The van der Waals surface area contributed by atoms with Crippen molar-refractivity contribution in [2.24, 2.45) is 7.05 Å². The maximum atomic E-state index is 5.69. The van der Waals surface area contributed by atoms with Crippen LogP contribution < -0.4 is 9.47 Å². The molecule has 0 amide bonds. The third-order valence-electron chi connectivity index (χ3n) is 2.99. The zero-order valence-electron chi connectivity index (χ0n) is 12.3. The van der Waals surface area contributed by atoms with Crippen LogP contribution in [-0.4, -0.2) is 40.6 Å². The molecule has 0 N–H and O–H groups in total. The fourth-order valence-electron chi connectivity index (χ4n) is 1.89. The van der Waals surface area contributed by atoms with Gasteiger partial charge in [-0.25, -0.2) is 0 Å². The van der Waals surface area contributed by atoms with Crippen LogP contribution in [0, 0.1) is 0 Å². The molecule has 0 spiro atoms. The molecule has 0 fully saturated rings. The molecule has 1 heterocycles. The molecule has 0 aliphatic heterocycles. The number of halogens is 1. The Bertz CT molecular complexity index is 604. The molecule has 7 heteroatoms. The number of ether oxygens (including phenoxy) is 2. The van der Waals surface area contributed by atoms with E-state index in [2.05, 4.69) is 10.2 Å². The van der Waals surface area contributed by atoms with Gasteiger partial charge in [0.15, 0.2) is 22.5 Å². The number of methoxy groups -OCH3 is 2. The number of thioether (sulfide) groups is 1. The predicted molar refractivity (Wildman–Crippen MR) is 85.6 cm³/mol. The quantitative estimate of drug-likeness (QED) is 0.444. The second-order valence-electron chi connectivity index (χ2n) is 4.33. The fourth-order valence-corrected chi connectivity index (χ4v) is 3.03. The highest BCUT2D eigenvalue weighted by Gasteiger charge is 2.13. The first-order valence-electron chi connectivity index (χ1n) is 6.51. The van der Waals surface area contributed by atoms with Crippen LogP contribution in [-0.2, 0) is 7.05 Å². The van der Waals surface area contributed by atoms with Crippen molar-refractivity contribution in [2.45, 2.75) is 11.6 Å². The second kappa shape index (κ2) is 7.56. The first-order valence-corrected chi connectivity index (χ1v) is 8.03. The average molecular weight is 328 g/mol. The van der Waals surface area contributed by atoms with Crippen molar-refractivity contribution >= 4 is 23.4 Å². The summed E-state index contributed by atoms with van der Waals surface area (Å²) < 4.78 is 12.5. The molecule has 0 atom stereocenters. The summed E-state index contributed by atoms with van der Waals surface area (Å²) in [5, 5.41) is 9.36. The Labute approximate surface area is 133 Å². The number of rotatable bonds is 7. The van der Waals surface area contributed by atoms with Gasteiger partial charge in [-0.15, -0.1) is 21.8 Å². The Balaban J connectivity index is 2.26. The molecular formula is C14H18ClN3O2S. The van der Waals surface area contributed by atoms with E-state index in [1.807, 2.05) is 29.8 Å². The minimum atomic E-state index is 0.660. The van der Waals surface area contributed by atoms with E-state index in [1.165, 1.54) is 0 Å². The number of hydrogen-bond acceptors (Lipinski definition) is 5. The summed E-state index contributed by atoms with van der Waals surface area (Å²) in [6, 6.07) is 5.71. The molecule has 0 bridgehead atoms. The lowest BCUT2D eigenvalue weighted by Gasteiger charge is -2.09. The van der Waals surface area contributed by atoms with Gasteiger partial charge in [0.1, 0.15) is 0 Å². The van der Waals surface area contributed by atoms with E-state index in [9.17, 15) is 0 Å². The third-order valence-corrected chi connectivity index (χ3v) is 4.36. The Morgan fingerprint density at radius 2 is 1.95 bits per heavy atom. The van der Waals surface area contributed by atoms with Crippen LogP contribution in [0.3, 0.4) is 0 Å². The third kappa shape index (κ3) is 3.63. The molecule has 0 unspecified atom stereocenters. The number of benzene rings is 1. The van der Waals surface area contributed by atoms with Crippen molar-refractivity contribution in [1.82, 2.24) is 14.8 Å². The van der Waals surface area contributed by atoms with Crippen LogP contribution in [0.1, 0.15) is 6.42 Å². The zero-order chi connectivity index (χ0) is 15.2. The summed E-state index contributed by atoms with van der Waals surface area (Å²) in [5.41, 5.74) is 0.937. The highest BCUT2D eigenvalue weighted by atomic mass is 35.5. The van der Waals surface area contributed by atoms with E-state index in [0.29, 0.717) is 17.4 Å². The maximum Gasteiger partial charge on any atom is 0.191 e. The smallest absolute Gasteiger partial charge is 0.191 e. The molecule has 0 saturated heterocycles. The first-order chi connectivity index (χ1) is 10.2. The highest BCUT2D eigenvalue weighted by molar-refractivity contribution is 7.99. The van der Waals surface area contributed by atoms with E-state index < -0.39 is 0 Å². The van der Waals surface area contributed by atoms with Gasteiger partial charge in [0.25, 0.3) is 0 Å². The van der Waals surface area contributed by atoms with Crippen molar-refractivity contribution < 1.29 is 9.47 Å². The molecular weight excluding hydrogens is 310 g/mol. The van der Waals surface area contributed by atoms with E-state index in [-0.39, 0.29) is 0 Å². The van der Waals surface area contributed by atoms with Crippen LogP contribution in [0.2, 0.25) is 0 Å². The maximum absolute atomic E-state index is 5.69.